The van der Waals surface area contributed by atoms with E-state index < -0.39 is 0 Å². The number of amides is 2. The van der Waals surface area contributed by atoms with Crippen LogP contribution in [0, 0.1) is 6.92 Å². The Morgan fingerprint density at radius 3 is 2.12 bits per heavy atom. The highest BCUT2D eigenvalue weighted by Gasteiger charge is 2.23. The van der Waals surface area contributed by atoms with Gasteiger partial charge in [-0.3, -0.25) is 4.90 Å². The minimum Gasteiger partial charge on any atom is -1.00 e. The molecule has 0 fully saturated rings. The number of carbonyl (C=O) groups excluding carboxylic acids is 2. The van der Waals surface area contributed by atoms with Crippen LogP contribution in [0.15, 0.2) is 12.4 Å². The molecule has 0 aliphatic carbocycles. The Hall–Kier alpha value is -1.56. The number of rotatable bonds is 0. The fraction of sp³-hybridized carbons (Fsp3) is 0.500. The first kappa shape index (κ1) is 15.4. The molecule has 0 aromatic carbocycles. The van der Waals surface area contributed by atoms with Crippen molar-refractivity contribution in [2.75, 3.05) is 28.2 Å². The minimum absolute atomic E-state index is 0. The summed E-state index contributed by atoms with van der Waals surface area (Å²) in [6, 6.07) is -0.356. The standard InChI is InChI=1S/C10H17N4O2.ClH/c1-8-13(9(15)11(2)3)6-7-14(8)10(16)12(4)5;/h6-7H,1-5H3;1H/q+1;/p-1. The van der Waals surface area contributed by atoms with E-state index in [4.69, 9.17) is 0 Å². The second-order valence-electron chi connectivity index (χ2n) is 3.94. The summed E-state index contributed by atoms with van der Waals surface area (Å²) in [5.41, 5.74) is 0. The molecule has 1 aromatic heterocycles. The first-order valence-corrected chi connectivity index (χ1v) is 4.89. The van der Waals surface area contributed by atoms with Gasteiger partial charge in [0.1, 0.15) is 12.4 Å². The molecule has 0 unspecified atom stereocenters. The molecule has 0 N–H and O–H groups in total. The molecule has 7 heteroatoms. The summed E-state index contributed by atoms with van der Waals surface area (Å²) in [5, 5.41) is 0. The van der Waals surface area contributed by atoms with Gasteiger partial charge in [-0.1, -0.05) is 0 Å². The van der Waals surface area contributed by atoms with Gasteiger partial charge >= 0.3 is 12.1 Å². The maximum Gasteiger partial charge on any atom is 0.442 e. The third kappa shape index (κ3) is 2.97. The van der Waals surface area contributed by atoms with E-state index in [-0.39, 0.29) is 24.5 Å². The Balaban J connectivity index is 0.00000256. The van der Waals surface area contributed by atoms with E-state index in [0.29, 0.717) is 5.82 Å². The van der Waals surface area contributed by atoms with Crippen molar-refractivity contribution >= 4 is 12.1 Å². The van der Waals surface area contributed by atoms with Crippen LogP contribution >= 0.6 is 0 Å². The molecule has 0 radical (unpaired) electrons. The topological polar surface area (TPSA) is 49.4 Å². The van der Waals surface area contributed by atoms with Crippen LogP contribution in [0.1, 0.15) is 5.82 Å². The van der Waals surface area contributed by atoms with E-state index in [1.165, 1.54) is 18.9 Å². The number of halogens is 1. The van der Waals surface area contributed by atoms with Crippen LogP contribution in [0.3, 0.4) is 0 Å². The first-order valence-electron chi connectivity index (χ1n) is 4.89. The van der Waals surface area contributed by atoms with Gasteiger partial charge in [-0.15, -0.1) is 0 Å². The van der Waals surface area contributed by atoms with Crippen LogP contribution in [0.5, 0.6) is 0 Å². The van der Waals surface area contributed by atoms with Gasteiger partial charge in [0.2, 0.25) is 5.82 Å². The summed E-state index contributed by atoms with van der Waals surface area (Å²) in [4.78, 5) is 26.4. The van der Waals surface area contributed by atoms with Crippen molar-refractivity contribution in [2.45, 2.75) is 6.92 Å². The largest absolute Gasteiger partial charge is 1.00 e. The molecule has 0 atom stereocenters. The number of aromatic nitrogens is 2. The maximum atomic E-state index is 11.7. The fourth-order valence-electron chi connectivity index (χ4n) is 1.30. The van der Waals surface area contributed by atoms with Gasteiger partial charge in [-0.25, -0.2) is 9.59 Å². The quantitative estimate of drug-likeness (QED) is 0.472. The highest BCUT2D eigenvalue weighted by Crippen LogP contribution is 1.97. The van der Waals surface area contributed by atoms with Gasteiger partial charge in [0.25, 0.3) is 0 Å². The summed E-state index contributed by atoms with van der Waals surface area (Å²) in [6.45, 7) is 1.72. The van der Waals surface area contributed by atoms with E-state index in [9.17, 15) is 9.59 Å². The highest BCUT2D eigenvalue weighted by atomic mass is 35.5. The smallest absolute Gasteiger partial charge is 0.442 e. The van der Waals surface area contributed by atoms with Crippen LogP contribution in [0.2, 0.25) is 0 Å². The fourth-order valence-corrected chi connectivity index (χ4v) is 1.30. The highest BCUT2D eigenvalue weighted by molar-refractivity contribution is 5.77. The Morgan fingerprint density at radius 2 is 1.71 bits per heavy atom. The first-order chi connectivity index (χ1) is 7.36. The summed E-state index contributed by atoms with van der Waals surface area (Å²) < 4.78 is 2.86. The number of hydrogen-bond donors (Lipinski definition) is 0. The van der Waals surface area contributed by atoms with Crippen LogP contribution < -0.4 is 17.0 Å². The van der Waals surface area contributed by atoms with E-state index >= 15 is 0 Å². The lowest BCUT2D eigenvalue weighted by Crippen LogP contribution is -3.00. The number of carbonyl (C=O) groups is 2. The average Bonchev–Trinajstić information content (AvgIpc) is 2.57. The average molecular weight is 261 g/mol. The van der Waals surface area contributed by atoms with Crippen molar-refractivity contribution < 1.29 is 26.6 Å². The van der Waals surface area contributed by atoms with Crippen LogP contribution in [0.25, 0.3) is 0 Å². The Kier molecular flexibility index (Phi) is 5.15. The summed E-state index contributed by atoms with van der Waals surface area (Å²) in [6.07, 6.45) is 3.16. The van der Waals surface area contributed by atoms with E-state index in [0.717, 1.165) is 0 Å². The second kappa shape index (κ2) is 5.67. The van der Waals surface area contributed by atoms with Crippen molar-refractivity contribution in [1.29, 1.82) is 0 Å². The van der Waals surface area contributed by atoms with Crippen molar-refractivity contribution in [3.63, 3.8) is 0 Å². The molecule has 17 heavy (non-hydrogen) atoms. The van der Waals surface area contributed by atoms with Crippen LogP contribution in [-0.2, 0) is 0 Å². The number of hydrogen-bond acceptors (Lipinski definition) is 2. The molecule has 1 aromatic rings. The van der Waals surface area contributed by atoms with E-state index in [2.05, 4.69) is 0 Å². The molecule has 0 bridgehead atoms. The van der Waals surface area contributed by atoms with E-state index in [1.54, 1.807) is 47.5 Å². The molecule has 1 rings (SSSR count). The molecule has 0 saturated heterocycles. The Morgan fingerprint density at radius 1 is 1.18 bits per heavy atom. The monoisotopic (exact) mass is 260 g/mol. The molecule has 0 spiro atoms. The zero-order valence-electron chi connectivity index (χ0n) is 10.6. The summed E-state index contributed by atoms with van der Waals surface area (Å²) >= 11 is 0. The molecule has 96 valence electrons. The van der Waals surface area contributed by atoms with Crippen molar-refractivity contribution in [3.8, 4) is 0 Å². The zero-order valence-corrected chi connectivity index (χ0v) is 11.4. The van der Waals surface area contributed by atoms with E-state index in [1.807, 2.05) is 0 Å². The third-order valence-corrected chi connectivity index (χ3v) is 2.24. The molecule has 0 aliphatic rings. The Labute approximate surface area is 107 Å². The Bertz CT molecular complexity index is 388. The summed E-state index contributed by atoms with van der Waals surface area (Å²) in [7, 11) is 6.67. The van der Waals surface area contributed by atoms with Crippen LogP contribution in [0.4, 0.5) is 9.59 Å². The van der Waals surface area contributed by atoms with Gasteiger partial charge in [0.05, 0.1) is 14.1 Å². The minimum atomic E-state index is -0.178. The molecule has 6 nitrogen and oxygen atoms in total. The van der Waals surface area contributed by atoms with Gasteiger partial charge in [-0.05, 0) is 0 Å². The molecule has 0 saturated carbocycles. The molecular formula is C10H17ClN4O2. The van der Waals surface area contributed by atoms with Crippen LogP contribution in [-0.4, -0.2) is 54.6 Å². The lowest BCUT2D eigenvalue weighted by atomic mass is 10.6. The van der Waals surface area contributed by atoms with Gasteiger partial charge in [0, 0.05) is 21.0 Å². The van der Waals surface area contributed by atoms with Gasteiger partial charge in [0.15, 0.2) is 0 Å². The maximum absolute atomic E-state index is 11.7. The SMILES string of the molecule is Cc1n(C(=O)N(C)C)cc[n+]1C(=O)N(C)C.[Cl-]. The predicted molar refractivity (Wildman–Crippen MR) is 58.3 cm³/mol. The second-order valence-corrected chi connectivity index (χ2v) is 3.94. The molecule has 0 aliphatic heterocycles. The normalized spacial score (nSPS) is 9.47. The lowest BCUT2D eigenvalue weighted by molar-refractivity contribution is -0.583. The predicted octanol–water partition coefficient (Wildman–Crippen LogP) is -2.85. The van der Waals surface area contributed by atoms with Crippen molar-refractivity contribution in [3.05, 3.63) is 18.2 Å². The van der Waals surface area contributed by atoms with Crippen molar-refractivity contribution in [1.82, 2.24) is 14.4 Å². The number of imidazole rings is 1. The van der Waals surface area contributed by atoms with Gasteiger partial charge in [-0.2, -0.15) is 9.13 Å². The molecule has 2 amide bonds. The summed E-state index contributed by atoms with van der Waals surface area (Å²) in [5.74, 6) is 0.581. The van der Waals surface area contributed by atoms with Crippen molar-refractivity contribution in [2.24, 2.45) is 0 Å². The number of nitrogens with zero attached hydrogens (tertiary/aromatic N) is 4. The third-order valence-electron chi connectivity index (χ3n) is 2.24. The molecular weight excluding hydrogens is 244 g/mol. The zero-order chi connectivity index (χ0) is 12.5. The lowest BCUT2D eigenvalue weighted by Gasteiger charge is -2.09. The molecule has 1 heterocycles. The van der Waals surface area contributed by atoms with Gasteiger partial charge < -0.3 is 17.3 Å².